The van der Waals surface area contributed by atoms with E-state index in [1.807, 2.05) is 0 Å². The zero-order chi connectivity index (χ0) is 17.2. The number of piperazine rings is 1. The van der Waals surface area contributed by atoms with Crippen LogP contribution in [0.2, 0.25) is 0 Å². The van der Waals surface area contributed by atoms with Gasteiger partial charge in [-0.2, -0.15) is 13.2 Å². The van der Waals surface area contributed by atoms with Crippen molar-refractivity contribution in [1.82, 2.24) is 9.80 Å². The van der Waals surface area contributed by atoms with Gasteiger partial charge in [0.05, 0.1) is 5.92 Å². The molecule has 0 aromatic rings. The number of alkyl halides is 3. The lowest BCUT2D eigenvalue weighted by Gasteiger charge is -2.38. The zero-order valence-corrected chi connectivity index (χ0v) is 13.2. The van der Waals surface area contributed by atoms with Crippen LogP contribution in [0.4, 0.5) is 13.2 Å². The normalized spacial score (nSPS) is 27.7. The van der Waals surface area contributed by atoms with Crippen molar-refractivity contribution in [3.63, 3.8) is 0 Å². The van der Waals surface area contributed by atoms with Crippen LogP contribution in [0.25, 0.3) is 0 Å². The molecule has 1 heterocycles. The second-order valence-corrected chi connectivity index (χ2v) is 6.43. The molecule has 2 aliphatic rings. The van der Waals surface area contributed by atoms with E-state index in [4.69, 9.17) is 0 Å². The van der Waals surface area contributed by atoms with Crippen LogP contribution in [0.1, 0.15) is 32.6 Å². The maximum absolute atomic E-state index is 12.8. The smallest absolute Gasteiger partial charge is 0.384 e. The predicted molar refractivity (Wildman–Crippen MR) is 76.3 cm³/mol. The first-order valence-corrected chi connectivity index (χ1v) is 8.02. The van der Waals surface area contributed by atoms with Crippen molar-refractivity contribution in [1.29, 1.82) is 0 Å². The lowest BCUT2D eigenvalue weighted by Crippen LogP contribution is -2.54. The highest BCUT2D eigenvalue weighted by Crippen LogP contribution is 2.40. The molecule has 0 aromatic carbocycles. The Hall–Kier alpha value is -1.31. The molecule has 1 aliphatic heterocycles. The molecule has 3 atom stereocenters. The summed E-state index contributed by atoms with van der Waals surface area (Å²) in [5.74, 6) is -2.58. The molecule has 2 amide bonds. The Morgan fingerprint density at radius 1 is 1.09 bits per heavy atom. The summed E-state index contributed by atoms with van der Waals surface area (Å²) in [5, 5.41) is 9.28. The van der Waals surface area contributed by atoms with Crippen LogP contribution in [-0.4, -0.2) is 65.2 Å². The molecular weight excluding hydrogens is 313 g/mol. The molecule has 2 rings (SSSR count). The Kier molecular flexibility index (Phi) is 5.54. The summed E-state index contributed by atoms with van der Waals surface area (Å²) in [7, 11) is 0. The first-order chi connectivity index (χ1) is 10.7. The number of nitrogens with zero attached hydrogens (tertiary/aromatic N) is 2. The van der Waals surface area contributed by atoms with Crippen molar-refractivity contribution in [3.05, 3.63) is 0 Å². The van der Waals surface area contributed by atoms with E-state index >= 15 is 0 Å². The van der Waals surface area contributed by atoms with E-state index in [9.17, 15) is 27.9 Å². The molecule has 2 fully saturated rings. The topological polar surface area (TPSA) is 60.9 Å². The molecule has 1 saturated heterocycles. The first-order valence-electron chi connectivity index (χ1n) is 8.02. The minimum atomic E-state index is -4.23. The maximum Gasteiger partial charge on any atom is 0.391 e. The molecule has 5 nitrogen and oxygen atoms in total. The highest BCUT2D eigenvalue weighted by molar-refractivity contribution is 5.81. The summed E-state index contributed by atoms with van der Waals surface area (Å²) < 4.78 is 38.5. The Balaban J connectivity index is 1.88. The van der Waals surface area contributed by atoms with Gasteiger partial charge in [-0.1, -0.05) is 6.42 Å². The van der Waals surface area contributed by atoms with Crippen molar-refractivity contribution >= 4 is 11.8 Å². The van der Waals surface area contributed by atoms with Crippen molar-refractivity contribution < 1.29 is 27.9 Å². The number of hydrogen-bond acceptors (Lipinski definition) is 3. The van der Waals surface area contributed by atoms with Crippen molar-refractivity contribution in [2.75, 3.05) is 26.2 Å². The highest BCUT2D eigenvalue weighted by atomic mass is 19.4. The summed E-state index contributed by atoms with van der Waals surface area (Å²) in [6.45, 7) is 2.63. The van der Waals surface area contributed by atoms with Crippen molar-refractivity contribution in [2.45, 2.75) is 44.9 Å². The fourth-order valence-electron chi connectivity index (χ4n) is 3.38. The molecular formula is C15H23F3N2O3. The Bertz CT molecular complexity index is 446. The molecule has 1 N–H and O–H groups in total. The molecule has 0 radical (unpaired) electrons. The third-order valence-electron chi connectivity index (χ3n) is 4.75. The van der Waals surface area contributed by atoms with Gasteiger partial charge in [-0.3, -0.25) is 9.59 Å². The number of carbonyl (C=O) groups is 2. The van der Waals surface area contributed by atoms with Crippen LogP contribution >= 0.6 is 0 Å². The fourth-order valence-corrected chi connectivity index (χ4v) is 3.38. The number of aliphatic hydroxyl groups is 1. The molecule has 1 saturated carbocycles. The molecule has 3 unspecified atom stereocenters. The van der Waals surface area contributed by atoms with Crippen molar-refractivity contribution in [3.8, 4) is 0 Å². The lowest BCUT2D eigenvalue weighted by molar-refractivity contribution is -0.187. The number of aliphatic hydroxyl groups excluding tert-OH is 1. The van der Waals surface area contributed by atoms with Gasteiger partial charge in [0.25, 0.3) is 5.91 Å². The quantitative estimate of drug-likeness (QED) is 0.829. The van der Waals surface area contributed by atoms with E-state index in [-0.39, 0.29) is 24.7 Å². The number of hydrogen-bond donors (Lipinski definition) is 1. The highest BCUT2D eigenvalue weighted by Gasteiger charge is 2.44. The molecule has 0 spiro atoms. The third kappa shape index (κ3) is 4.37. The van der Waals surface area contributed by atoms with Gasteiger partial charge >= 0.3 is 6.18 Å². The Morgan fingerprint density at radius 2 is 1.65 bits per heavy atom. The predicted octanol–water partition coefficient (Wildman–Crippen LogP) is 1.41. The molecule has 132 valence electrons. The summed E-state index contributed by atoms with van der Waals surface area (Å²) in [4.78, 5) is 27.1. The molecule has 0 aromatic heterocycles. The van der Waals surface area contributed by atoms with Gasteiger partial charge in [-0.25, -0.2) is 0 Å². The van der Waals surface area contributed by atoms with Gasteiger partial charge in [0, 0.05) is 32.1 Å². The van der Waals surface area contributed by atoms with E-state index in [2.05, 4.69) is 0 Å². The van der Waals surface area contributed by atoms with Crippen LogP contribution in [0.15, 0.2) is 0 Å². The van der Waals surface area contributed by atoms with Gasteiger partial charge < -0.3 is 14.9 Å². The number of rotatable bonds is 2. The van der Waals surface area contributed by atoms with Gasteiger partial charge in [-0.15, -0.1) is 0 Å². The Labute approximate surface area is 133 Å². The largest absolute Gasteiger partial charge is 0.391 e. The number of carbonyl (C=O) groups excluding carboxylic acids is 2. The van der Waals surface area contributed by atoms with Crippen LogP contribution < -0.4 is 0 Å². The minimum absolute atomic E-state index is 0.101. The van der Waals surface area contributed by atoms with Gasteiger partial charge in [0.2, 0.25) is 5.91 Å². The van der Waals surface area contributed by atoms with E-state index in [0.717, 1.165) is 0 Å². The van der Waals surface area contributed by atoms with E-state index in [1.54, 1.807) is 4.90 Å². The second-order valence-electron chi connectivity index (χ2n) is 6.43. The van der Waals surface area contributed by atoms with E-state index in [0.29, 0.717) is 39.0 Å². The second kappa shape index (κ2) is 7.07. The molecule has 0 bridgehead atoms. The van der Waals surface area contributed by atoms with E-state index < -0.39 is 24.1 Å². The Morgan fingerprint density at radius 3 is 2.17 bits per heavy atom. The van der Waals surface area contributed by atoms with Crippen LogP contribution in [0.3, 0.4) is 0 Å². The summed E-state index contributed by atoms with van der Waals surface area (Å²) >= 11 is 0. The lowest BCUT2D eigenvalue weighted by atomic mass is 9.80. The third-order valence-corrected chi connectivity index (χ3v) is 4.75. The average molecular weight is 336 g/mol. The summed E-state index contributed by atoms with van der Waals surface area (Å²) in [5.41, 5.74) is 0. The van der Waals surface area contributed by atoms with Gasteiger partial charge in [0.15, 0.2) is 0 Å². The van der Waals surface area contributed by atoms with Gasteiger partial charge in [-0.05, 0) is 26.2 Å². The monoisotopic (exact) mass is 336 g/mol. The molecule has 8 heteroatoms. The SMILES string of the molecule is CC(O)C(=O)N1CCN(C(=O)C2CCCC(C(F)(F)F)C2)CC1. The first kappa shape index (κ1) is 18.0. The summed E-state index contributed by atoms with van der Waals surface area (Å²) in [6, 6.07) is 0. The van der Waals surface area contributed by atoms with Gasteiger partial charge in [0.1, 0.15) is 6.10 Å². The fraction of sp³-hybridized carbons (Fsp3) is 0.867. The maximum atomic E-state index is 12.8. The average Bonchev–Trinajstić information content (AvgIpc) is 2.53. The minimum Gasteiger partial charge on any atom is -0.384 e. The van der Waals surface area contributed by atoms with Crippen LogP contribution in [0.5, 0.6) is 0 Å². The van der Waals surface area contributed by atoms with Crippen LogP contribution in [-0.2, 0) is 9.59 Å². The molecule has 1 aliphatic carbocycles. The van der Waals surface area contributed by atoms with Crippen LogP contribution in [0, 0.1) is 11.8 Å². The number of amides is 2. The summed E-state index contributed by atoms with van der Waals surface area (Å²) in [6.07, 6.45) is -4.43. The van der Waals surface area contributed by atoms with Crippen molar-refractivity contribution in [2.24, 2.45) is 11.8 Å². The number of halogens is 3. The zero-order valence-electron chi connectivity index (χ0n) is 13.2. The molecule has 23 heavy (non-hydrogen) atoms. The standard InChI is InChI=1S/C15H23F3N2O3/c1-10(21)13(22)19-5-7-20(8-6-19)14(23)11-3-2-4-12(9-11)15(16,17)18/h10-12,21H,2-9H2,1H3. The van der Waals surface area contributed by atoms with E-state index in [1.165, 1.54) is 11.8 Å².